The number of ether oxygens (including phenoxy) is 1. The van der Waals surface area contributed by atoms with Crippen LogP contribution in [0.2, 0.25) is 0 Å². The summed E-state index contributed by atoms with van der Waals surface area (Å²) in [7, 11) is 1.69. The molecular formula is C18H19FN2O2. The second-order valence-electron chi connectivity index (χ2n) is 5.50. The average Bonchev–Trinajstić information content (AvgIpc) is 2.61. The number of rotatable bonds is 3. The van der Waals surface area contributed by atoms with E-state index < -0.39 is 5.82 Å². The molecule has 0 spiro atoms. The summed E-state index contributed by atoms with van der Waals surface area (Å²) >= 11 is 0. The van der Waals surface area contributed by atoms with Gasteiger partial charge < -0.3 is 14.5 Å². The van der Waals surface area contributed by atoms with Gasteiger partial charge in [-0.2, -0.15) is 0 Å². The van der Waals surface area contributed by atoms with E-state index in [1.165, 1.54) is 17.0 Å². The lowest BCUT2D eigenvalue weighted by molar-refractivity contribution is 0.0992. The molecule has 0 unspecified atom stereocenters. The van der Waals surface area contributed by atoms with Crippen molar-refractivity contribution in [2.45, 2.75) is 0 Å². The molecule has 4 nitrogen and oxygen atoms in total. The SMILES string of the molecule is CN(C(=O)c1cc(F)cc(N2CCOCC2)c1)c1ccccc1. The highest BCUT2D eigenvalue weighted by Crippen LogP contribution is 2.22. The Kier molecular flexibility index (Phi) is 4.57. The molecule has 2 aromatic carbocycles. The molecule has 120 valence electrons. The molecule has 1 aliphatic rings. The van der Waals surface area contributed by atoms with E-state index in [4.69, 9.17) is 4.74 Å². The summed E-state index contributed by atoms with van der Waals surface area (Å²) in [6.07, 6.45) is 0. The Labute approximate surface area is 135 Å². The second-order valence-corrected chi connectivity index (χ2v) is 5.50. The number of benzene rings is 2. The topological polar surface area (TPSA) is 32.8 Å². The first-order valence-electron chi connectivity index (χ1n) is 7.61. The molecule has 0 N–H and O–H groups in total. The molecule has 0 radical (unpaired) electrons. The van der Waals surface area contributed by atoms with Crippen molar-refractivity contribution in [2.75, 3.05) is 43.2 Å². The number of para-hydroxylation sites is 1. The van der Waals surface area contributed by atoms with Crippen molar-refractivity contribution < 1.29 is 13.9 Å². The van der Waals surface area contributed by atoms with Gasteiger partial charge in [0.15, 0.2) is 0 Å². The number of amides is 1. The van der Waals surface area contributed by atoms with E-state index in [0.29, 0.717) is 31.9 Å². The standard InChI is InChI=1S/C18H19FN2O2/c1-20(16-5-3-2-4-6-16)18(22)14-11-15(19)13-17(12-14)21-7-9-23-10-8-21/h2-6,11-13H,7-10H2,1H3. The molecule has 0 saturated carbocycles. The Balaban J connectivity index is 1.87. The quantitative estimate of drug-likeness (QED) is 0.873. The lowest BCUT2D eigenvalue weighted by atomic mass is 10.1. The van der Waals surface area contributed by atoms with Crippen molar-refractivity contribution in [3.63, 3.8) is 0 Å². The largest absolute Gasteiger partial charge is 0.378 e. The van der Waals surface area contributed by atoms with E-state index in [9.17, 15) is 9.18 Å². The van der Waals surface area contributed by atoms with Gasteiger partial charge in [-0.1, -0.05) is 18.2 Å². The Morgan fingerprint density at radius 2 is 1.83 bits per heavy atom. The number of hydrogen-bond donors (Lipinski definition) is 0. The monoisotopic (exact) mass is 314 g/mol. The molecule has 0 bridgehead atoms. The van der Waals surface area contributed by atoms with E-state index >= 15 is 0 Å². The fourth-order valence-corrected chi connectivity index (χ4v) is 2.66. The predicted octanol–water partition coefficient (Wildman–Crippen LogP) is 2.94. The zero-order chi connectivity index (χ0) is 16.2. The maximum atomic E-state index is 14.0. The molecule has 3 rings (SSSR count). The smallest absolute Gasteiger partial charge is 0.258 e. The first-order valence-corrected chi connectivity index (χ1v) is 7.61. The van der Waals surface area contributed by atoms with Crippen LogP contribution in [0, 0.1) is 5.82 Å². The van der Waals surface area contributed by atoms with Gasteiger partial charge in [0, 0.05) is 37.1 Å². The number of nitrogens with zero attached hydrogens (tertiary/aromatic N) is 2. The average molecular weight is 314 g/mol. The molecule has 1 amide bonds. The van der Waals surface area contributed by atoms with Crippen LogP contribution in [-0.4, -0.2) is 39.3 Å². The summed E-state index contributed by atoms with van der Waals surface area (Å²) in [5.74, 6) is -0.635. The number of carbonyl (C=O) groups is 1. The fourth-order valence-electron chi connectivity index (χ4n) is 2.66. The van der Waals surface area contributed by atoms with E-state index in [0.717, 1.165) is 11.4 Å². The molecule has 23 heavy (non-hydrogen) atoms. The van der Waals surface area contributed by atoms with Crippen molar-refractivity contribution in [3.05, 3.63) is 59.9 Å². The lowest BCUT2D eigenvalue weighted by Crippen LogP contribution is -2.36. The van der Waals surface area contributed by atoms with Crippen LogP contribution >= 0.6 is 0 Å². The number of halogens is 1. The number of morpholine rings is 1. The molecule has 0 atom stereocenters. The molecule has 5 heteroatoms. The van der Waals surface area contributed by atoms with Gasteiger partial charge in [-0.05, 0) is 30.3 Å². The third kappa shape index (κ3) is 3.51. The summed E-state index contributed by atoms with van der Waals surface area (Å²) < 4.78 is 19.3. The van der Waals surface area contributed by atoms with Gasteiger partial charge >= 0.3 is 0 Å². The summed E-state index contributed by atoms with van der Waals surface area (Å²) in [4.78, 5) is 16.2. The summed E-state index contributed by atoms with van der Waals surface area (Å²) in [6, 6.07) is 13.8. The fraction of sp³-hybridized carbons (Fsp3) is 0.278. The lowest BCUT2D eigenvalue weighted by Gasteiger charge is -2.29. The highest BCUT2D eigenvalue weighted by Gasteiger charge is 2.18. The molecular weight excluding hydrogens is 295 g/mol. The highest BCUT2D eigenvalue weighted by molar-refractivity contribution is 6.06. The van der Waals surface area contributed by atoms with E-state index in [2.05, 4.69) is 0 Å². The van der Waals surface area contributed by atoms with Crippen LogP contribution in [0.25, 0.3) is 0 Å². The van der Waals surface area contributed by atoms with Gasteiger partial charge in [-0.3, -0.25) is 4.79 Å². The third-order valence-electron chi connectivity index (χ3n) is 3.95. The number of hydrogen-bond acceptors (Lipinski definition) is 3. The van der Waals surface area contributed by atoms with Crippen LogP contribution in [0.4, 0.5) is 15.8 Å². The van der Waals surface area contributed by atoms with Crippen LogP contribution in [-0.2, 0) is 4.74 Å². The highest BCUT2D eigenvalue weighted by atomic mass is 19.1. The minimum atomic E-state index is -0.404. The van der Waals surface area contributed by atoms with Crippen LogP contribution in [0.3, 0.4) is 0 Å². The predicted molar refractivity (Wildman–Crippen MR) is 88.6 cm³/mol. The van der Waals surface area contributed by atoms with Crippen LogP contribution in [0.5, 0.6) is 0 Å². The van der Waals surface area contributed by atoms with Crippen LogP contribution in [0.15, 0.2) is 48.5 Å². The van der Waals surface area contributed by atoms with Gasteiger partial charge in [0.2, 0.25) is 0 Å². The Hall–Kier alpha value is -2.40. The van der Waals surface area contributed by atoms with Gasteiger partial charge in [-0.15, -0.1) is 0 Å². The molecule has 0 aromatic heterocycles. The van der Waals surface area contributed by atoms with Crippen molar-refractivity contribution in [2.24, 2.45) is 0 Å². The Bertz CT molecular complexity index is 685. The van der Waals surface area contributed by atoms with Crippen molar-refractivity contribution in [3.8, 4) is 0 Å². The number of anilines is 2. The maximum Gasteiger partial charge on any atom is 0.258 e. The summed E-state index contributed by atoms with van der Waals surface area (Å²) in [5.41, 5.74) is 1.84. The normalized spacial score (nSPS) is 14.6. The molecule has 0 aliphatic carbocycles. The van der Waals surface area contributed by atoms with Crippen molar-refractivity contribution >= 4 is 17.3 Å². The van der Waals surface area contributed by atoms with Gasteiger partial charge in [0.05, 0.1) is 13.2 Å². The first-order chi connectivity index (χ1) is 11.1. The molecule has 1 saturated heterocycles. The molecule has 1 heterocycles. The molecule has 2 aromatic rings. The maximum absolute atomic E-state index is 14.0. The number of carbonyl (C=O) groups excluding carboxylic acids is 1. The zero-order valence-corrected chi connectivity index (χ0v) is 13.0. The Morgan fingerprint density at radius 3 is 2.52 bits per heavy atom. The minimum absolute atomic E-state index is 0.231. The van der Waals surface area contributed by atoms with Gasteiger partial charge in [0.1, 0.15) is 5.82 Å². The Morgan fingerprint density at radius 1 is 1.13 bits per heavy atom. The van der Waals surface area contributed by atoms with Gasteiger partial charge in [-0.25, -0.2) is 4.39 Å². The summed E-state index contributed by atoms with van der Waals surface area (Å²) in [5, 5.41) is 0. The van der Waals surface area contributed by atoms with Crippen LogP contribution in [0.1, 0.15) is 10.4 Å². The second kappa shape index (κ2) is 6.79. The minimum Gasteiger partial charge on any atom is -0.378 e. The van der Waals surface area contributed by atoms with Crippen molar-refractivity contribution in [1.29, 1.82) is 0 Å². The van der Waals surface area contributed by atoms with E-state index in [1.807, 2.05) is 35.2 Å². The molecule has 1 aliphatic heterocycles. The molecule has 1 fully saturated rings. The van der Waals surface area contributed by atoms with E-state index in [-0.39, 0.29) is 5.91 Å². The van der Waals surface area contributed by atoms with Gasteiger partial charge in [0.25, 0.3) is 5.91 Å². The zero-order valence-electron chi connectivity index (χ0n) is 13.0. The van der Waals surface area contributed by atoms with E-state index in [1.54, 1.807) is 13.1 Å². The third-order valence-corrected chi connectivity index (χ3v) is 3.95. The summed E-state index contributed by atoms with van der Waals surface area (Å²) in [6.45, 7) is 2.63. The van der Waals surface area contributed by atoms with Crippen molar-refractivity contribution in [1.82, 2.24) is 0 Å². The first kappa shape index (κ1) is 15.5. The van der Waals surface area contributed by atoms with Crippen LogP contribution < -0.4 is 9.80 Å².